The van der Waals surface area contributed by atoms with Crippen LogP contribution in [-0.4, -0.2) is 54.8 Å². The Balaban J connectivity index is 1.96. The highest BCUT2D eigenvalue weighted by Gasteiger charge is 2.40. The molecule has 2 atom stereocenters. The number of rotatable bonds is 2. The van der Waals surface area contributed by atoms with E-state index in [-0.39, 0.29) is 23.1 Å². The Hall–Kier alpha value is -1.10. The Labute approximate surface area is 102 Å². The smallest absolute Gasteiger partial charge is 0.228 e. The molecule has 0 aromatic carbocycles. The highest BCUT2D eigenvalue weighted by Crippen LogP contribution is 2.30. The van der Waals surface area contributed by atoms with Crippen molar-refractivity contribution < 1.29 is 9.59 Å². The van der Waals surface area contributed by atoms with Crippen LogP contribution in [0.4, 0.5) is 0 Å². The van der Waals surface area contributed by atoms with Gasteiger partial charge in [0.05, 0.1) is 5.92 Å². The number of nitrogens with zero attached hydrogens (tertiary/aromatic N) is 2. The molecule has 2 aliphatic heterocycles. The molecule has 0 aromatic heterocycles. The van der Waals surface area contributed by atoms with Crippen molar-refractivity contribution in [2.24, 2.45) is 17.1 Å². The number of likely N-dealkylation sites (tertiary alicyclic amines) is 2. The normalized spacial score (nSPS) is 33.6. The van der Waals surface area contributed by atoms with Gasteiger partial charge in [-0.15, -0.1) is 0 Å². The summed E-state index contributed by atoms with van der Waals surface area (Å²) in [6, 6.07) is 0. The van der Waals surface area contributed by atoms with Crippen molar-refractivity contribution in [1.29, 1.82) is 0 Å². The van der Waals surface area contributed by atoms with Crippen LogP contribution in [-0.2, 0) is 9.59 Å². The van der Waals surface area contributed by atoms with Gasteiger partial charge in [0, 0.05) is 33.1 Å². The van der Waals surface area contributed by atoms with E-state index in [9.17, 15) is 9.59 Å². The second-order valence-electron chi connectivity index (χ2n) is 5.70. The Kier molecular flexibility index (Phi) is 3.12. The molecule has 2 unspecified atom stereocenters. The monoisotopic (exact) mass is 239 g/mol. The van der Waals surface area contributed by atoms with Gasteiger partial charge in [0.1, 0.15) is 0 Å². The van der Waals surface area contributed by atoms with E-state index in [2.05, 4.69) is 6.92 Å². The molecule has 2 rings (SSSR count). The summed E-state index contributed by atoms with van der Waals surface area (Å²) in [7, 11) is 1.75. The molecule has 96 valence electrons. The summed E-state index contributed by atoms with van der Waals surface area (Å²) < 4.78 is 0. The van der Waals surface area contributed by atoms with Gasteiger partial charge in [-0.2, -0.15) is 0 Å². The minimum atomic E-state index is -0.146. The van der Waals surface area contributed by atoms with Crippen LogP contribution in [0, 0.1) is 11.3 Å². The summed E-state index contributed by atoms with van der Waals surface area (Å²) >= 11 is 0. The third-order valence-corrected chi connectivity index (χ3v) is 4.05. The first kappa shape index (κ1) is 12.4. The molecule has 2 fully saturated rings. The van der Waals surface area contributed by atoms with Crippen LogP contribution in [0.25, 0.3) is 0 Å². The molecule has 0 aliphatic carbocycles. The summed E-state index contributed by atoms with van der Waals surface area (Å²) in [6.07, 6.45) is 1.33. The van der Waals surface area contributed by atoms with Crippen LogP contribution in [0.5, 0.6) is 0 Å². The first-order valence-electron chi connectivity index (χ1n) is 6.18. The maximum absolute atomic E-state index is 12.2. The quantitative estimate of drug-likeness (QED) is 0.717. The molecule has 5 heteroatoms. The van der Waals surface area contributed by atoms with Crippen LogP contribution >= 0.6 is 0 Å². The summed E-state index contributed by atoms with van der Waals surface area (Å²) in [5.74, 6) is 0.0524. The molecule has 0 spiro atoms. The molecule has 17 heavy (non-hydrogen) atoms. The van der Waals surface area contributed by atoms with Gasteiger partial charge >= 0.3 is 0 Å². The van der Waals surface area contributed by atoms with Gasteiger partial charge in [0.2, 0.25) is 11.8 Å². The minimum absolute atomic E-state index is 0.0597. The van der Waals surface area contributed by atoms with Crippen molar-refractivity contribution in [1.82, 2.24) is 9.80 Å². The fraction of sp³-hybridized carbons (Fsp3) is 0.833. The third kappa shape index (κ3) is 2.29. The van der Waals surface area contributed by atoms with Gasteiger partial charge < -0.3 is 15.5 Å². The van der Waals surface area contributed by atoms with Gasteiger partial charge in [0.15, 0.2) is 0 Å². The highest BCUT2D eigenvalue weighted by atomic mass is 16.2. The fourth-order valence-electron chi connectivity index (χ4n) is 2.67. The van der Waals surface area contributed by atoms with Crippen LogP contribution < -0.4 is 5.73 Å². The summed E-state index contributed by atoms with van der Waals surface area (Å²) in [6.45, 7) is 4.80. The van der Waals surface area contributed by atoms with E-state index in [1.807, 2.05) is 4.90 Å². The maximum atomic E-state index is 12.2. The summed E-state index contributed by atoms with van der Waals surface area (Å²) in [5.41, 5.74) is 5.79. The van der Waals surface area contributed by atoms with E-state index in [0.29, 0.717) is 19.5 Å². The number of carbonyl (C=O) groups is 2. The van der Waals surface area contributed by atoms with E-state index in [1.165, 1.54) is 0 Å². The Bertz CT molecular complexity index is 345. The third-order valence-electron chi connectivity index (χ3n) is 4.05. The second kappa shape index (κ2) is 4.29. The van der Waals surface area contributed by atoms with Gasteiger partial charge in [-0.25, -0.2) is 0 Å². The lowest BCUT2D eigenvalue weighted by molar-refractivity contribution is -0.135. The van der Waals surface area contributed by atoms with Crippen molar-refractivity contribution in [3.05, 3.63) is 0 Å². The van der Waals surface area contributed by atoms with E-state index < -0.39 is 0 Å². The maximum Gasteiger partial charge on any atom is 0.228 e. The zero-order valence-electron chi connectivity index (χ0n) is 10.6. The van der Waals surface area contributed by atoms with Gasteiger partial charge in [0.25, 0.3) is 0 Å². The van der Waals surface area contributed by atoms with E-state index in [4.69, 9.17) is 5.73 Å². The van der Waals surface area contributed by atoms with Gasteiger partial charge in [-0.05, 0) is 18.4 Å². The Morgan fingerprint density at radius 2 is 2.29 bits per heavy atom. The van der Waals surface area contributed by atoms with E-state index >= 15 is 0 Å². The second-order valence-corrected chi connectivity index (χ2v) is 5.70. The lowest BCUT2D eigenvalue weighted by Gasteiger charge is -2.24. The first-order valence-corrected chi connectivity index (χ1v) is 6.18. The number of hydrogen-bond donors (Lipinski definition) is 1. The highest BCUT2D eigenvalue weighted by molar-refractivity contribution is 5.89. The molecule has 0 bridgehead atoms. The van der Waals surface area contributed by atoms with Crippen molar-refractivity contribution in [3.63, 3.8) is 0 Å². The largest absolute Gasteiger partial charge is 0.345 e. The average molecular weight is 239 g/mol. The molecular weight excluding hydrogens is 218 g/mol. The number of carbonyl (C=O) groups excluding carboxylic acids is 2. The Morgan fingerprint density at radius 1 is 1.59 bits per heavy atom. The zero-order valence-corrected chi connectivity index (χ0v) is 10.6. The molecule has 2 heterocycles. The summed E-state index contributed by atoms with van der Waals surface area (Å²) in [5, 5.41) is 0. The van der Waals surface area contributed by atoms with Crippen molar-refractivity contribution >= 4 is 11.8 Å². The predicted octanol–water partition coefficient (Wildman–Crippen LogP) is -0.338. The average Bonchev–Trinajstić information content (AvgIpc) is 2.84. The minimum Gasteiger partial charge on any atom is -0.345 e. The molecule has 2 N–H and O–H groups in total. The standard InChI is InChI=1S/C12H21N3O2/c1-12(7-13)3-4-15(8-12)11(17)9-5-10(16)14(2)6-9/h9H,3-8,13H2,1-2H3. The molecule has 0 saturated carbocycles. The van der Waals surface area contributed by atoms with Crippen LogP contribution in [0.15, 0.2) is 0 Å². The Morgan fingerprint density at radius 3 is 2.76 bits per heavy atom. The summed E-state index contributed by atoms with van der Waals surface area (Å²) in [4.78, 5) is 27.2. The lowest BCUT2D eigenvalue weighted by atomic mass is 9.90. The molecular formula is C12H21N3O2. The topological polar surface area (TPSA) is 66.6 Å². The van der Waals surface area contributed by atoms with E-state index in [0.717, 1.165) is 19.5 Å². The molecule has 0 radical (unpaired) electrons. The van der Waals surface area contributed by atoms with Crippen molar-refractivity contribution in [2.75, 3.05) is 33.2 Å². The van der Waals surface area contributed by atoms with Gasteiger partial charge in [-0.1, -0.05) is 6.92 Å². The van der Waals surface area contributed by atoms with Crippen molar-refractivity contribution in [3.8, 4) is 0 Å². The molecule has 5 nitrogen and oxygen atoms in total. The van der Waals surface area contributed by atoms with Gasteiger partial charge in [-0.3, -0.25) is 9.59 Å². The lowest BCUT2D eigenvalue weighted by Crippen LogP contribution is -2.38. The molecule has 2 amide bonds. The molecule has 2 saturated heterocycles. The first-order chi connectivity index (χ1) is 7.95. The molecule has 2 aliphatic rings. The van der Waals surface area contributed by atoms with Crippen LogP contribution in [0.2, 0.25) is 0 Å². The van der Waals surface area contributed by atoms with E-state index in [1.54, 1.807) is 11.9 Å². The zero-order chi connectivity index (χ0) is 12.6. The number of amides is 2. The molecule has 0 aromatic rings. The SMILES string of the molecule is CN1CC(C(=O)N2CCC(C)(CN)C2)CC1=O. The van der Waals surface area contributed by atoms with Crippen LogP contribution in [0.3, 0.4) is 0 Å². The number of nitrogens with two attached hydrogens (primary N) is 1. The van der Waals surface area contributed by atoms with Crippen molar-refractivity contribution in [2.45, 2.75) is 19.8 Å². The predicted molar refractivity (Wildman–Crippen MR) is 64.1 cm³/mol. The van der Waals surface area contributed by atoms with Crippen LogP contribution in [0.1, 0.15) is 19.8 Å². The number of hydrogen-bond acceptors (Lipinski definition) is 3. The fourth-order valence-corrected chi connectivity index (χ4v) is 2.67.